The highest BCUT2D eigenvalue weighted by molar-refractivity contribution is 5.30. The number of hydrogen-bond donors (Lipinski definition) is 1. The molecule has 2 heterocycles. The Kier molecular flexibility index (Phi) is 4.66. The van der Waals surface area contributed by atoms with E-state index in [4.69, 9.17) is 4.74 Å². The smallest absolute Gasteiger partial charge is 0.226 e. The highest BCUT2D eigenvalue weighted by Crippen LogP contribution is 2.11. The van der Waals surface area contributed by atoms with E-state index in [1.54, 1.807) is 10.9 Å². The van der Waals surface area contributed by atoms with Crippen LogP contribution in [0.2, 0.25) is 0 Å². The second-order valence-corrected chi connectivity index (χ2v) is 4.11. The Balaban J connectivity index is 1.90. The van der Waals surface area contributed by atoms with Crippen molar-refractivity contribution in [1.29, 1.82) is 0 Å². The van der Waals surface area contributed by atoms with Crippen molar-refractivity contribution in [2.24, 2.45) is 0 Å². The van der Waals surface area contributed by atoms with E-state index >= 15 is 0 Å². The van der Waals surface area contributed by atoms with Crippen molar-refractivity contribution >= 4 is 5.95 Å². The average Bonchev–Trinajstić information content (AvgIpc) is 2.89. The Bertz CT molecular complexity index is 499. The molecule has 0 spiro atoms. The lowest BCUT2D eigenvalue weighted by molar-refractivity contribution is 0.305. The van der Waals surface area contributed by atoms with Gasteiger partial charge < -0.3 is 10.1 Å². The van der Waals surface area contributed by atoms with Gasteiger partial charge >= 0.3 is 0 Å². The second kappa shape index (κ2) is 6.67. The lowest BCUT2D eigenvalue weighted by Crippen LogP contribution is -2.13. The molecule has 0 radical (unpaired) electrons. The van der Waals surface area contributed by atoms with Crippen molar-refractivity contribution in [3.05, 3.63) is 24.2 Å². The van der Waals surface area contributed by atoms with Crippen LogP contribution in [-0.4, -0.2) is 38.1 Å². The third-order valence-electron chi connectivity index (χ3n) is 2.38. The summed E-state index contributed by atoms with van der Waals surface area (Å²) in [6.45, 7) is 6.03. The van der Waals surface area contributed by atoms with Crippen molar-refractivity contribution in [3.8, 4) is 5.88 Å². The van der Waals surface area contributed by atoms with Crippen LogP contribution in [0.3, 0.4) is 0 Å². The summed E-state index contributed by atoms with van der Waals surface area (Å²) in [5.74, 6) is 1.18. The minimum Gasteiger partial charge on any atom is -0.478 e. The molecule has 0 aromatic carbocycles. The monoisotopic (exact) mass is 262 g/mol. The minimum atomic E-state index is 0.575. The first-order chi connectivity index (χ1) is 9.28. The predicted molar refractivity (Wildman–Crippen MR) is 71.1 cm³/mol. The van der Waals surface area contributed by atoms with E-state index in [1.807, 2.05) is 19.2 Å². The van der Waals surface area contributed by atoms with Crippen LogP contribution < -0.4 is 10.1 Å². The Labute approximate surface area is 112 Å². The molecule has 7 nitrogen and oxygen atoms in total. The summed E-state index contributed by atoms with van der Waals surface area (Å²) in [6.07, 6.45) is 4.42. The molecule has 0 atom stereocenters. The molecule has 2 rings (SSSR count). The number of anilines is 1. The maximum atomic E-state index is 5.51. The Morgan fingerprint density at radius 1 is 1.37 bits per heavy atom. The largest absolute Gasteiger partial charge is 0.478 e. The van der Waals surface area contributed by atoms with Crippen LogP contribution in [0, 0.1) is 6.92 Å². The highest BCUT2D eigenvalue weighted by Gasteiger charge is 2.02. The number of nitrogens with one attached hydrogen (secondary N) is 1. The molecule has 2 aromatic heterocycles. The summed E-state index contributed by atoms with van der Waals surface area (Å²) in [4.78, 5) is 8.61. The van der Waals surface area contributed by atoms with Crippen molar-refractivity contribution in [1.82, 2.24) is 25.0 Å². The third kappa shape index (κ3) is 4.20. The van der Waals surface area contributed by atoms with Gasteiger partial charge in [-0.25, -0.2) is 4.98 Å². The van der Waals surface area contributed by atoms with E-state index in [9.17, 15) is 0 Å². The number of nitrogens with zero attached hydrogens (tertiary/aromatic N) is 5. The standard InChI is InChI=1S/C12H18N6O/c1-3-8-19-11-9-10(2)15-12(16-11)13-4-6-18-7-5-14-17-18/h5,7,9H,3-4,6,8H2,1-2H3,(H,13,15,16). The third-order valence-corrected chi connectivity index (χ3v) is 2.38. The molecule has 0 saturated heterocycles. The molecule has 0 aliphatic rings. The van der Waals surface area contributed by atoms with Gasteiger partial charge in [0.25, 0.3) is 0 Å². The number of aromatic nitrogens is 5. The number of ether oxygens (including phenoxy) is 1. The Hall–Kier alpha value is -2.18. The quantitative estimate of drug-likeness (QED) is 0.809. The zero-order valence-electron chi connectivity index (χ0n) is 11.2. The summed E-state index contributed by atoms with van der Waals surface area (Å²) >= 11 is 0. The number of rotatable bonds is 7. The van der Waals surface area contributed by atoms with Crippen LogP contribution in [0.1, 0.15) is 19.0 Å². The zero-order valence-corrected chi connectivity index (χ0v) is 11.2. The highest BCUT2D eigenvalue weighted by atomic mass is 16.5. The Morgan fingerprint density at radius 3 is 3.00 bits per heavy atom. The zero-order chi connectivity index (χ0) is 13.5. The normalized spacial score (nSPS) is 10.4. The first-order valence-corrected chi connectivity index (χ1v) is 6.34. The van der Waals surface area contributed by atoms with Gasteiger partial charge in [0.1, 0.15) is 0 Å². The molecule has 0 unspecified atom stereocenters. The first kappa shape index (κ1) is 13.3. The molecule has 0 bridgehead atoms. The molecule has 0 aliphatic heterocycles. The molecule has 0 fully saturated rings. The van der Waals surface area contributed by atoms with E-state index in [0.29, 0.717) is 31.5 Å². The minimum absolute atomic E-state index is 0.575. The van der Waals surface area contributed by atoms with Gasteiger partial charge in [0, 0.05) is 24.5 Å². The van der Waals surface area contributed by atoms with Gasteiger partial charge in [0.2, 0.25) is 11.8 Å². The molecular weight excluding hydrogens is 244 g/mol. The van der Waals surface area contributed by atoms with Gasteiger partial charge in [-0.2, -0.15) is 4.98 Å². The van der Waals surface area contributed by atoms with Crippen molar-refractivity contribution in [2.75, 3.05) is 18.5 Å². The molecule has 2 aromatic rings. The fraction of sp³-hybridized carbons (Fsp3) is 0.500. The van der Waals surface area contributed by atoms with Crippen LogP contribution in [-0.2, 0) is 6.54 Å². The van der Waals surface area contributed by atoms with Gasteiger partial charge in [-0.3, -0.25) is 4.68 Å². The van der Waals surface area contributed by atoms with Crippen LogP contribution in [0.4, 0.5) is 5.95 Å². The number of hydrogen-bond acceptors (Lipinski definition) is 6. The maximum absolute atomic E-state index is 5.51. The summed E-state index contributed by atoms with van der Waals surface area (Å²) in [5.41, 5.74) is 0.879. The molecule has 0 aliphatic carbocycles. The molecular formula is C12H18N6O. The number of aryl methyl sites for hydroxylation is 1. The van der Waals surface area contributed by atoms with Crippen LogP contribution in [0.5, 0.6) is 5.88 Å². The van der Waals surface area contributed by atoms with Crippen molar-refractivity contribution < 1.29 is 4.74 Å². The maximum Gasteiger partial charge on any atom is 0.226 e. The van der Waals surface area contributed by atoms with Crippen molar-refractivity contribution in [2.45, 2.75) is 26.8 Å². The van der Waals surface area contributed by atoms with E-state index < -0.39 is 0 Å². The van der Waals surface area contributed by atoms with Gasteiger partial charge in [0.15, 0.2) is 0 Å². The SMILES string of the molecule is CCCOc1cc(C)nc(NCCn2ccnn2)n1. The average molecular weight is 262 g/mol. The van der Waals surface area contributed by atoms with E-state index in [0.717, 1.165) is 12.1 Å². The van der Waals surface area contributed by atoms with Crippen LogP contribution >= 0.6 is 0 Å². The molecule has 1 N–H and O–H groups in total. The van der Waals surface area contributed by atoms with Gasteiger partial charge in [-0.15, -0.1) is 5.10 Å². The van der Waals surface area contributed by atoms with E-state index in [2.05, 4.69) is 32.5 Å². The summed E-state index contributed by atoms with van der Waals surface area (Å²) in [6, 6.07) is 1.83. The van der Waals surface area contributed by atoms with Gasteiger partial charge in [-0.1, -0.05) is 12.1 Å². The molecule has 7 heteroatoms. The molecule has 0 amide bonds. The second-order valence-electron chi connectivity index (χ2n) is 4.11. The molecule has 19 heavy (non-hydrogen) atoms. The summed E-state index contributed by atoms with van der Waals surface area (Å²) < 4.78 is 7.26. The lowest BCUT2D eigenvalue weighted by Gasteiger charge is -2.08. The van der Waals surface area contributed by atoms with Gasteiger partial charge in [-0.05, 0) is 13.3 Å². The summed E-state index contributed by atoms with van der Waals surface area (Å²) in [7, 11) is 0. The fourth-order valence-electron chi connectivity index (χ4n) is 1.53. The van der Waals surface area contributed by atoms with E-state index in [-0.39, 0.29) is 0 Å². The van der Waals surface area contributed by atoms with Crippen LogP contribution in [0.25, 0.3) is 0 Å². The molecule has 102 valence electrons. The summed E-state index contributed by atoms with van der Waals surface area (Å²) in [5, 5.41) is 10.8. The fourth-order valence-corrected chi connectivity index (χ4v) is 1.53. The van der Waals surface area contributed by atoms with E-state index in [1.165, 1.54) is 0 Å². The van der Waals surface area contributed by atoms with Gasteiger partial charge in [0.05, 0.1) is 19.3 Å². The Morgan fingerprint density at radius 2 is 2.26 bits per heavy atom. The van der Waals surface area contributed by atoms with Crippen molar-refractivity contribution in [3.63, 3.8) is 0 Å². The first-order valence-electron chi connectivity index (χ1n) is 6.34. The van der Waals surface area contributed by atoms with Crippen LogP contribution in [0.15, 0.2) is 18.5 Å². The molecule has 0 saturated carbocycles. The lowest BCUT2D eigenvalue weighted by atomic mass is 10.4. The topological polar surface area (TPSA) is 77.8 Å². The predicted octanol–water partition coefficient (Wildman–Crippen LogP) is 1.28.